The van der Waals surface area contributed by atoms with Crippen LogP contribution in [0.1, 0.15) is 13.8 Å². The minimum Gasteiger partial charge on any atom is -0.397 e. The molecule has 0 spiro atoms. The summed E-state index contributed by atoms with van der Waals surface area (Å²) in [6.07, 6.45) is 1.65. The minimum absolute atomic E-state index is 0.730. The van der Waals surface area contributed by atoms with Crippen molar-refractivity contribution in [3.63, 3.8) is 0 Å². The van der Waals surface area contributed by atoms with Gasteiger partial charge in [0.2, 0.25) is 0 Å². The Bertz CT molecular complexity index is 152. The molecule has 2 N–H and O–H groups in total. The van der Waals surface area contributed by atoms with E-state index in [1.807, 2.05) is 27.9 Å². The average Bonchev–Trinajstić information content (AvgIpc) is 1.82. The fraction of sp³-hybridized carbons (Fsp3) is 0.571. The maximum Gasteiger partial charge on any atom is 0.0699 e. The van der Waals surface area contributed by atoms with Gasteiger partial charge in [-0.05, 0) is 13.8 Å². The Labute approximate surface area is 62.2 Å². The summed E-state index contributed by atoms with van der Waals surface area (Å²) in [5, 5.41) is 5.68. The van der Waals surface area contributed by atoms with Crippen molar-refractivity contribution in [2.45, 2.75) is 13.8 Å². The molecule has 0 atom stereocenters. The van der Waals surface area contributed by atoms with Gasteiger partial charge in [0.25, 0.3) is 0 Å². The molecule has 0 bridgehead atoms. The van der Waals surface area contributed by atoms with E-state index in [0.29, 0.717) is 0 Å². The molecule has 0 aromatic carbocycles. The van der Waals surface area contributed by atoms with E-state index in [9.17, 15) is 0 Å². The molecule has 58 valence electrons. The third kappa shape index (κ3) is 3.95. The van der Waals surface area contributed by atoms with Crippen LogP contribution in [0, 0.1) is 0 Å². The molecular formula is C7H15N3. The zero-order valence-corrected chi connectivity index (χ0v) is 7.05. The fourth-order valence-electron chi connectivity index (χ4n) is 0.307. The third-order valence-electron chi connectivity index (χ3n) is 1.01. The number of rotatable bonds is 2. The standard InChI is InChI=1S/C7H15N3/c1-6(2)7(8)5-9-10(3)4/h5H,8H2,1-4H3/b9-5-. The molecule has 0 aliphatic carbocycles. The van der Waals surface area contributed by atoms with Gasteiger partial charge < -0.3 is 10.7 Å². The maximum absolute atomic E-state index is 5.57. The van der Waals surface area contributed by atoms with Crippen molar-refractivity contribution >= 4 is 6.21 Å². The van der Waals surface area contributed by atoms with E-state index < -0.39 is 0 Å². The van der Waals surface area contributed by atoms with Gasteiger partial charge in [0.05, 0.1) is 11.9 Å². The number of hydrazone groups is 1. The molecular weight excluding hydrogens is 126 g/mol. The number of hydrogen-bond donors (Lipinski definition) is 1. The van der Waals surface area contributed by atoms with Crippen molar-refractivity contribution in [1.29, 1.82) is 0 Å². The summed E-state index contributed by atoms with van der Waals surface area (Å²) in [6, 6.07) is 0. The first-order chi connectivity index (χ1) is 4.54. The lowest BCUT2D eigenvalue weighted by Gasteiger charge is -2.02. The molecule has 0 fully saturated rings. The van der Waals surface area contributed by atoms with Crippen molar-refractivity contribution in [2.24, 2.45) is 10.8 Å². The Hall–Kier alpha value is -0.990. The molecule has 0 radical (unpaired) electrons. The van der Waals surface area contributed by atoms with Gasteiger partial charge in [-0.15, -0.1) is 0 Å². The summed E-state index contributed by atoms with van der Waals surface area (Å²) in [5.41, 5.74) is 7.39. The zero-order valence-electron chi connectivity index (χ0n) is 7.05. The van der Waals surface area contributed by atoms with Crippen molar-refractivity contribution in [3.05, 3.63) is 11.3 Å². The van der Waals surface area contributed by atoms with Gasteiger partial charge in [-0.1, -0.05) is 5.57 Å². The van der Waals surface area contributed by atoms with Crippen LogP contribution in [0.5, 0.6) is 0 Å². The van der Waals surface area contributed by atoms with Crippen LogP contribution in [-0.2, 0) is 0 Å². The summed E-state index contributed by atoms with van der Waals surface area (Å²) in [7, 11) is 3.71. The Kier molecular flexibility index (Phi) is 3.54. The number of nitrogens with zero attached hydrogens (tertiary/aromatic N) is 2. The summed E-state index contributed by atoms with van der Waals surface area (Å²) >= 11 is 0. The van der Waals surface area contributed by atoms with Crippen molar-refractivity contribution in [2.75, 3.05) is 14.1 Å². The highest BCUT2D eigenvalue weighted by atomic mass is 15.4. The van der Waals surface area contributed by atoms with Crippen LogP contribution in [0.2, 0.25) is 0 Å². The molecule has 0 aliphatic rings. The second-order valence-corrected chi connectivity index (χ2v) is 2.55. The predicted octanol–water partition coefficient (Wildman–Crippen LogP) is 0.786. The van der Waals surface area contributed by atoms with Gasteiger partial charge in [-0.2, -0.15) is 5.10 Å². The molecule has 0 unspecified atom stereocenters. The Morgan fingerprint density at radius 2 is 1.90 bits per heavy atom. The molecule has 0 aromatic rings. The van der Waals surface area contributed by atoms with E-state index in [1.165, 1.54) is 0 Å². The summed E-state index contributed by atoms with van der Waals surface area (Å²) in [6.45, 7) is 3.91. The summed E-state index contributed by atoms with van der Waals surface area (Å²) < 4.78 is 0. The lowest BCUT2D eigenvalue weighted by Crippen LogP contribution is -2.06. The second-order valence-electron chi connectivity index (χ2n) is 2.55. The molecule has 0 rings (SSSR count). The normalized spacial score (nSPS) is 10.0. The largest absolute Gasteiger partial charge is 0.397 e. The van der Waals surface area contributed by atoms with Crippen molar-refractivity contribution in [1.82, 2.24) is 5.01 Å². The zero-order chi connectivity index (χ0) is 8.15. The third-order valence-corrected chi connectivity index (χ3v) is 1.01. The first-order valence-corrected chi connectivity index (χ1v) is 3.18. The molecule has 0 saturated carbocycles. The highest BCUT2D eigenvalue weighted by Crippen LogP contribution is 1.91. The van der Waals surface area contributed by atoms with Crippen LogP contribution < -0.4 is 5.73 Å². The predicted molar refractivity (Wildman–Crippen MR) is 44.7 cm³/mol. The molecule has 10 heavy (non-hydrogen) atoms. The van der Waals surface area contributed by atoms with Crippen molar-refractivity contribution in [3.8, 4) is 0 Å². The van der Waals surface area contributed by atoms with Gasteiger partial charge in [-0.3, -0.25) is 0 Å². The first kappa shape index (κ1) is 9.01. The van der Waals surface area contributed by atoms with Crippen molar-refractivity contribution < 1.29 is 0 Å². The van der Waals surface area contributed by atoms with E-state index in [2.05, 4.69) is 5.10 Å². The van der Waals surface area contributed by atoms with E-state index in [4.69, 9.17) is 5.73 Å². The molecule has 3 nitrogen and oxygen atoms in total. The Balaban J connectivity index is 4.03. The van der Waals surface area contributed by atoms with Gasteiger partial charge in [0.15, 0.2) is 0 Å². The van der Waals surface area contributed by atoms with Crippen LogP contribution in [0.25, 0.3) is 0 Å². The Morgan fingerprint density at radius 1 is 1.40 bits per heavy atom. The lowest BCUT2D eigenvalue weighted by atomic mass is 10.3. The summed E-state index contributed by atoms with van der Waals surface area (Å²) in [5.74, 6) is 0. The lowest BCUT2D eigenvalue weighted by molar-refractivity contribution is 0.440. The van der Waals surface area contributed by atoms with Gasteiger partial charge >= 0.3 is 0 Å². The number of nitrogens with two attached hydrogens (primary N) is 1. The molecule has 0 aromatic heterocycles. The quantitative estimate of drug-likeness (QED) is 0.456. The van der Waals surface area contributed by atoms with E-state index in [-0.39, 0.29) is 0 Å². The van der Waals surface area contributed by atoms with Gasteiger partial charge in [0.1, 0.15) is 0 Å². The van der Waals surface area contributed by atoms with Crippen LogP contribution in [0.4, 0.5) is 0 Å². The average molecular weight is 141 g/mol. The first-order valence-electron chi connectivity index (χ1n) is 3.18. The van der Waals surface area contributed by atoms with Crippen LogP contribution in [0.15, 0.2) is 16.4 Å². The van der Waals surface area contributed by atoms with Crippen LogP contribution >= 0.6 is 0 Å². The topological polar surface area (TPSA) is 41.6 Å². The Morgan fingerprint density at radius 3 is 2.20 bits per heavy atom. The molecule has 0 aliphatic heterocycles. The van der Waals surface area contributed by atoms with Crippen LogP contribution in [-0.4, -0.2) is 25.3 Å². The summed E-state index contributed by atoms with van der Waals surface area (Å²) in [4.78, 5) is 0. The minimum atomic E-state index is 0.730. The maximum atomic E-state index is 5.57. The molecule has 0 heterocycles. The van der Waals surface area contributed by atoms with E-state index in [0.717, 1.165) is 11.3 Å². The van der Waals surface area contributed by atoms with Gasteiger partial charge in [0, 0.05) is 14.1 Å². The molecule has 3 heteroatoms. The molecule has 0 saturated heterocycles. The number of allylic oxidation sites excluding steroid dienone is 2. The van der Waals surface area contributed by atoms with Gasteiger partial charge in [-0.25, -0.2) is 0 Å². The monoisotopic (exact) mass is 141 g/mol. The number of hydrogen-bond acceptors (Lipinski definition) is 3. The smallest absolute Gasteiger partial charge is 0.0699 e. The van der Waals surface area contributed by atoms with E-state index >= 15 is 0 Å². The van der Waals surface area contributed by atoms with Crippen LogP contribution in [0.3, 0.4) is 0 Å². The second kappa shape index (κ2) is 3.93. The van der Waals surface area contributed by atoms with E-state index in [1.54, 1.807) is 11.2 Å². The highest BCUT2D eigenvalue weighted by molar-refractivity contribution is 5.77. The fourth-order valence-corrected chi connectivity index (χ4v) is 0.307. The highest BCUT2D eigenvalue weighted by Gasteiger charge is 1.85. The SMILES string of the molecule is CC(C)=C(N)/C=N\N(C)C. The molecule has 0 amide bonds.